The first-order valence-corrected chi connectivity index (χ1v) is 13.2. The van der Waals surface area contributed by atoms with Gasteiger partial charge in [0, 0.05) is 47.4 Å². The monoisotopic (exact) mass is 538 g/mol. The summed E-state index contributed by atoms with van der Waals surface area (Å²) in [5.74, 6) is 0.591. The summed E-state index contributed by atoms with van der Waals surface area (Å²) in [5.41, 5.74) is 10.9. The van der Waals surface area contributed by atoms with E-state index in [0.29, 0.717) is 61.0 Å². The zero-order valence-corrected chi connectivity index (χ0v) is 22.7. The van der Waals surface area contributed by atoms with Crippen LogP contribution in [-0.2, 0) is 17.6 Å². The standard InChI is InChI=1S/C30H30N6O4/c1-30(2)17-40-11-10-35(30)29(38)26-21-8-7-18-13-24(39-3)22(19-12-20(28(31)37)16-32-15-19)14-23(18)27(21)36(34-26)25-6-4-5-9-33-25/h4-6,9,12-16H,7-8,10-11,17H2,1-3H3,(H2,31,37). The first-order valence-electron chi connectivity index (χ1n) is 13.2. The van der Waals surface area contributed by atoms with Gasteiger partial charge in [-0.15, -0.1) is 0 Å². The summed E-state index contributed by atoms with van der Waals surface area (Å²) in [6.45, 7) is 5.47. The summed E-state index contributed by atoms with van der Waals surface area (Å²) < 4.78 is 13.2. The van der Waals surface area contributed by atoms with Crippen molar-refractivity contribution in [2.24, 2.45) is 5.73 Å². The van der Waals surface area contributed by atoms with Crippen LogP contribution in [0.4, 0.5) is 0 Å². The van der Waals surface area contributed by atoms with E-state index in [4.69, 9.17) is 20.3 Å². The molecule has 0 radical (unpaired) electrons. The Hall–Kier alpha value is -4.57. The second kappa shape index (κ2) is 9.87. The van der Waals surface area contributed by atoms with E-state index in [9.17, 15) is 9.59 Å². The molecular weight excluding hydrogens is 508 g/mol. The number of nitrogens with zero attached hydrogens (tertiary/aromatic N) is 5. The molecule has 2 N–H and O–H groups in total. The van der Waals surface area contributed by atoms with Gasteiger partial charge in [0.05, 0.1) is 37.1 Å². The van der Waals surface area contributed by atoms with E-state index < -0.39 is 11.4 Å². The molecule has 0 spiro atoms. The van der Waals surface area contributed by atoms with E-state index in [2.05, 4.69) is 9.97 Å². The van der Waals surface area contributed by atoms with E-state index in [0.717, 1.165) is 27.9 Å². The molecule has 3 aromatic heterocycles. The normalized spacial score (nSPS) is 15.7. The molecule has 2 amide bonds. The first-order chi connectivity index (χ1) is 19.3. The number of carbonyl (C=O) groups excluding carboxylic acids is 2. The fourth-order valence-corrected chi connectivity index (χ4v) is 5.57. The third kappa shape index (κ3) is 4.30. The van der Waals surface area contributed by atoms with E-state index in [1.54, 1.807) is 30.3 Å². The number of fused-ring (bicyclic) bond motifs is 3. The number of primary amides is 1. The van der Waals surface area contributed by atoms with Gasteiger partial charge < -0.3 is 20.1 Å². The van der Waals surface area contributed by atoms with Crippen molar-refractivity contribution in [1.82, 2.24) is 24.6 Å². The van der Waals surface area contributed by atoms with Gasteiger partial charge in [0.2, 0.25) is 5.91 Å². The van der Waals surface area contributed by atoms with Crippen LogP contribution in [-0.4, -0.2) is 68.9 Å². The zero-order valence-electron chi connectivity index (χ0n) is 22.7. The highest BCUT2D eigenvalue weighted by Gasteiger charge is 2.39. The van der Waals surface area contributed by atoms with Crippen molar-refractivity contribution in [2.45, 2.75) is 32.2 Å². The molecule has 1 aliphatic carbocycles. The van der Waals surface area contributed by atoms with Crippen molar-refractivity contribution < 1.29 is 19.1 Å². The van der Waals surface area contributed by atoms with Gasteiger partial charge in [0.15, 0.2) is 11.5 Å². The highest BCUT2D eigenvalue weighted by atomic mass is 16.5. The Morgan fingerprint density at radius 2 is 1.95 bits per heavy atom. The third-order valence-corrected chi connectivity index (χ3v) is 7.60. The number of methoxy groups -OCH3 is 1. The van der Waals surface area contributed by atoms with Gasteiger partial charge in [-0.25, -0.2) is 9.67 Å². The molecular formula is C30H30N6O4. The van der Waals surface area contributed by atoms with Crippen molar-refractivity contribution in [3.63, 3.8) is 0 Å². The van der Waals surface area contributed by atoms with E-state index in [1.165, 1.54) is 6.20 Å². The van der Waals surface area contributed by atoms with Crippen LogP contribution >= 0.6 is 0 Å². The van der Waals surface area contributed by atoms with Gasteiger partial charge in [-0.05, 0) is 62.6 Å². The number of amides is 2. The van der Waals surface area contributed by atoms with Crippen LogP contribution in [0.3, 0.4) is 0 Å². The lowest BCUT2D eigenvalue weighted by Gasteiger charge is -2.41. The van der Waals surface area contributed by atoms with E-state index >= 15 is 0 Å². The highest BCUT2D eigenvalue weighted by Crippen LogP contribution is 2.43. The molecule has 0 unspecified atom stereocenters. The maximum absolute atomic E-state index is 14.0. The topological polar surface area (TPSA) is 125 Å². The molecule has 10 heteroatoms. The number of aromatic nitrogens is 4. The number of hydrogen-bond donors (Lipinski definition) is 1. The molecule has 1 aromatic carbocycles. The highest BCUT2D eigenvalue weighted by molar-refractivity contribution is 5.98. The van der Waals surface area contributed by atoms with Gasteiger partial charge >= 0.3 is 0 Å². The molecule has 204 valence electrons. The molecule has 0 atom stereocenters. The van der Waals surface area contributed by atoms with Crippen molar-refractivity contribution >= 4 is 11.8 Å². The lowest BCUT2D eigenvalue weighted by atomic mass is 9.86. The number of ether oxygens (including phenoxy) is 2. The Bertz CT molecular complexity index is 1630. The predicted molar refractivity (Wildman–Crippen MR) is 148 cm³/mol. The molecule has 1 fully saturated rings. The van der Waals surface area contributed by atoms with Crippen LogP contribution in [0.25, 0.3) is 28.2 Å². The molecule has 40 heavy (non-hydrogen) atoms. The molecule has 0 saturated carbocycles. The van der Waals surface area contributed by atoms with Crippen LogP contribution in [0.1, 0.15) is 45.8 Å². The third-order valence-electron chi connectivity index (χ3n) is 7.60. The van der Waals surface area contributed by atoms with Crippen molar-refractivity contribution in [3.05, 3.63) is 77.4 Å². The van der Waals surface area contributed by atoms with Crippen LogP contribution in [0.15, 0.2) is 55.0 Å². The van der Waals surface area contributed by atoms with E-state index in [-0.39, 0.29) is 5.91 Å². The maximum atomic E-state index is 14.0. The van der Waals surface area contributed by atoms with Crippen LogP contribution in [0.5, 0.6) is 5.75 Å². The molecule has 10 nitrogen and oxygen atoms in total. The Balaban J connectivity index is 1.56. The number of benzene rings is 1. The van der Waals surface area contributed by atoms with Gasteiger partial charge in [-0.2, -0.15) is 5.10 Å². The van der Waals surface area contributed by atoms with Crippen LogP contribution in [0, 0.1) is 0 Å². The average molecular weight is 539 g/mol. The SMILES string of the molecule is COc1cc2c(cc1-c1cncc(C(N)=O)c1)-c1c(c(C(=O)N3CCOCC3(C)C)nn1-c1ccccn1)CC2. The van der Waals surface area contributed by atoms with Crippen molar-refractivity contribution in [2.75, 3.05) is 26.9 Å². The number of aryl methyl sites for hydroxylation is 1. The summed E-state index contributed by atoms with van der Waals surface area (Å²) in [7, 11) is 1.61. The molecule has 6 rings (SSSR count). The fourth-order valence-electron chi connectivity index (χ4n) is 5.57. The predicted octanol–water partition coefficient (Wildman–Crippen LogP) is 3.45. The number of morpholine rings is 1. The smallest absolute Gasteiger partial charge is 0.275 e. The minimum absolute atomic E-state index is 0.116. The minimum atomic E-state index is -0.559. The Morgan fingerprint density at radius 1 is 1.10 bits per heavy atom. The Labute approximate surface area is 231 Å². The number of rotatable bonds is 5. The maximum Gasteiger partial charge on any atom is 0.275 e. The molecule has 4 aromatic rings. The Morgan fingerprint density at radius 3 is 2.67 bits per heavy atom. The summed E-state index contributed by atoms with van der Waals surface area (Å²) in [4.78, 5) is 36.5. The van der Waals surface area contributed by atoms with Gasteiger partial charge in [0.25, 0.3) is 5.91 Å². The van der Waals surface area contributed by atoms with Gasteiger partial charge in [-0.1, -0.05) is 6.07 Å². The minimum Gasteiger partial charge on any atom is -0.496 e. The molecule has 1 saturated heterocycles. The summed E-state index contributed by atoms with van der Waals surface area (Å²) in [6.07, 6.45) is 6.17. The average Bonchev–Trinajstić information content (AvgIpc) is 3.36. The summed E-state index contributed by atoms with van der Waals surface area (Å²) in [6, 6.07) is 11.3. The number of nitrogens with two attached hydrogens (primary N) is 1. The number of hydrogen-bond acceptors (Lipinski definition) is 7. The van der Waals surface area contributed by atoms with Crippen molar-refractivity contribution in [3.8, 4) is 34.0 Å². The second-order valence-electron chi connectivity index (χ2n) is 10.6. The molecule has 0 bridgehead atoms. The van der Waals surface area contributed by atoms with E-state index in [1.807, 2.05) is 49.1 Å². The summed E-state index contributed by atoms with van der Waals surface area (Å²) in [5, 5.41) is 4.90. The lowest BCUT2D eigenvalue weighted by Crippen LogP contribution is -2.55. The lowest BCUT2D eigenvalue weighted by molar-refractivity contribution is -0.0373. The molecule has 1 aliphatic heterocycles. The summed E-state index contributed by atoms with van der Waals surface area (Å²) >= 11 is 0. The molecule has 4 heterocycles. The number of carbonyl (C=O) groups is 2. The molecule has 2 aliphatic rings. The number of pyridine rings is 2. The van der Waals surface area contributed by atoms with Crippen molar-refractivity contribution in [1.29, 1.82) is 0 Å². The van der Waals surface area contributed by atoms with Gasteiger partial charge in [-0.3, -0.25) is 14.6 Å². The quantitative estimate of drug-likeness (QED) is 0.413. The largest absolute Gasteiger partial charge is 0.496 e. The van der Waals surface area contributed by atoms with Crippen LogP contribution < -0.4 is 10.5 Å². The van der Waals surface area contributed by atoms with Crippen LogP contribution in [0.2, 0.25) is 0 Å². The van der Waals surface area contributed by atoms with Gasteiger partial charge in [0.1, 0.15) is 5.75 Å². The first kappa shape index (κ1) is 25.7. The second-order valence-corrected chi connectivity index (χ2v) is 10.6. The Kier molecular flexibility index (Phi) is 6.34. The zero-order chi connectivity index (χ0) is 28.0. The fraction of sp³-hybridized carbons (Fsp3) is 0.300.